The molecule has 0 radical (unpaired) electrons. The Hall–Kier alpha value is -2.73. The minimum atomic E-state index is -4.37. The van der Waals surface area contributed by atoms with Gasteiger partial charge in [0.2, 0.25) is 0 Å². The van der Waals surface area contributed by atoms with Gasteiger partial charge in [0, 0.05) is 11.4 Å². The van der Waals surface area contributed by atoms with Crippen molar-refractivity contribution < 1.29 is 32.2 Å². The van der Waals surface area contributed by atoms with Crippen LogP contribution >= 0.6 is 11.3 Å². The topological polar surface area (TPSA) is 211 Å². The van der Waals surface area contributed by atoms with Gasteiger partial charge in [-0.25, -0.2) is 19.2 Å². The van der Waals surface area contributed by atoms with Crippen LogP contribution in [0.15, 0.2) is 21.1 Å². The molecule has 0 spiro atoms. The van der Waals surface area contributed by atoms with E-state index in [1.807, 2.05) is 4.72 Å². The zero-order valence-corrected chi connectivity index (χ0v) is 17.6. The summed E-state index contributed by atoms with van der Waals surface area (Å²) in [5.41, 5.74) is 5.46. The van der Waals surface area contributed by atoms with Gasteiger partial charge >= 0.3 is 45.8 Å². The Morgan fingerprint density at radius 1 is 1.44 bits per heavy atom. The van der Waals surface area contributed by atoms with Crippen molar-refractivity contribution in [3.8, 4) is 0 Å². The molecule has 1 atom stereocenters. The van der Waals surface area contributed by atoms with Crippen molar-refractivity contribution in [2.75, 3.05) is 24.1 Å². The van der Waals surface area contributed by atoms with Crippen LogP contribution in [0.3, 0.4) is 0 Å². The number of oxime groups is 1. The molecule has 0 aliphatic carbocycles. The van der Waals surface area contributed by atoms with Gasteiger partial charge in [-0.1, -0.05) is 10.3 Å². The Morgan fingerprint density at radius 3 is 2.69 bits per heavy atom. The van der Waals surface area contributed by atoms with Gasteiger partial charge in [-0.05, 0) is 6.92 Å². The molecule has 2 aromatic rings. The van der Waals surface area contributed by atoms with Crippen LogP contribution in [-0.4, -0.2) is 96.3 Å². The van der Waals surface area contributed by atoms with Crippen molar-refractivity contribution in [1.29, 1.82) is 0 Å². The molecule has 3 rings (SSSR count). The number of imide groups is 1. The second-order valence-corrected chi connectivity index (χ2v) is 8.31. The monoisotopic (exact) mass is 496 g/mol. The predicted molar refractivity (Wildman–Crippen MR) is 113 cm³/mol. The van der Waals surface area contributed by atoms with Crippen LogP contribution in [0.25, 0.3) is 0 Å². The third-order valence-electron chi connectivity index (χ3n) is 3.73. The van der Waals surface area contributed by atoms with Gasteiger partial charge < -0.3 is 20.4 Å². The minimum absolute atomic E-state index is 0. The number of β-lactam (4-membered cyclic amide) rings is 1. The van der Waals surface area contributed by atoms with Gasteiger partial charge in [-0.15, -0.1) is 11.3 Å². The van der Waals surface area contributed by atoms with Crippen molar-refractivity contribution in [3.63, 3.8) is 0 Å². The van der Waals surface area contributed by atoms with Crippen LogP contribution in [-0.2, 0) is 24.6 Å². The van der Waals surface area contributed by atoms with Crippen LogP contribution < -0.4 is 20.5 Å². The number of likely N-dealkylation sites (tertiary alicyclic amines) is 1. The Labute approximate surface area is 207 Å². The number of carbonyl (C=O) groups excluding carboxylic acids is 3. The van der Waals surface area contributed by atoms with Crippen molar-refractivity contribution >= 4 is 85.6 Å². The van der Waals surface area contributed by atoms with E-state index in [-0.39, 0.29) is 58.5 Å². The average Bonchev–Trinajstić information content (AvgIpc) is 3.29. The van der Waals surface area contributed by atoms with E-state index < -0.39 is 34.1 Å². The molecule has 168 valence electrons. The number of thiazole rings is 1. The molecule has 0 unspecified atom stereocenters. The third kappa shape index (κ3) is 5.94. The van der Waals surface area contributed by atoms with Crippen LogP contribution in [0.2, 0.25) is 0 Å². The van der Waals surface area contributed by atoms with Crippen molar-refractivity contribution in [1.82, 2.24) is 25.1 Å². The number of hydrogen-bond donors (Lipinski definition) is 4. The quantitative estimate of drug-likeness (QED) is 0.145. The Kier molecular flexibility index (Phi) is 8.18. The number of nitrogens with zero attached hydrogens (tertiary/aromatic N) is 4. The average molecular weight is 496 g/mol. The summed E-state index contributed by atoms with van der Waals surface area (Å²) in [6, 6.07) is -0.995. The molecule has 2 aromatic heterocycles. The standard InChI is InChI=1S/C14H16N8O7S2.Na.H/c1-6-3-9(18-29-6)20-31(26,27)21-14(25)22-4-7(12(22)24)16-11(23)10(19-28-2)8-5-30-13(15)17-8;;/h3,5,7H,4H2,1-2H3,(H2,15,17)(H,16,23)(H,18,20)(H,21,25);;/b19-10-;;/t7-;;/m0../s1. The Morgan fingerprint density at radius 2 is 2.16 bits per heavy atom. The molecule has 1 aliphatic rings. The van der Waals surface area contributed by atoms with Crippen LogP contribution in [0, 0.1) is 6.92 Å². The molecule has 18 heteroatoms. The second kappa shape index (κ2) is 10.3. The van der Waals surface area contributed by atoms with Crippen LogP contribution in [0.1, 0.15) is 11.5 Å². The summed E-state index contributed by atoms with van der Waals surface area (Å²) in [6.07, 6.45) is 0. The maximum absolute atomic E-state index is 12.4. The van der Waals surface area contributed by atoms with Crippen molar-refractivity contribution in [2.45, 2.75) is 13.0 Å². The Bertz CT molecular complexity index is 1160. The molecule has 4 amide bonds. The summed E-state index contributed by atoms with van der Waals surface area (Å²) in [5, 5.41) is 11.0. The van der Waals surface area contributed by atoms with E-state index >= 15 is 0 Å². The summed E-state index contributed by atoms with van der Waals surface area (Å²) < 4.78 is 32.3. The number of amides is 4. The van der Waals surface area contributed by atoms with Gasteiger partial charge in [0.25, 0.3) is 11.8 Å². The maximum atomic E-state index is 12.4. The van der Waals surface area contributed by atoms with E-state index in [0.717, 1.165) is 11.3 Å². The fourth-order valence-corrected chi connectivity index (χ4v) is 3.69. The van der Waals surface area contributed by atoms with E-state index in [4.69, 9.17) is 10.3 Å². The number of nitrogens with two attached hydrogens (primary N) is 1. The first-order valence-electron chi connectivity index (χ1n) is 8.32. The van der Waals surface area contributed by atoms with E-state index in [9.17, 15) is 22.8 Å². The molecule has 0 saturated carbocycles. The SMILES string of the molecule is CO/N=C(\C(=O)N[C@H]1CN(C(=O)NS(=O)(=O)Nc2cc(C)on2)C1=O)c1csc(N)n1.[NaH]. The van der Waals surface area contributed by atoms with Gasteiger partial charge in [0.1, 0.15) is 24.6 Å². The molecule has 0 aromatic carbocycles. The summed E-state index contributed by atoms with van der Waals surface area (Å²) in [6.45, 7) is 1.27. The second-order valence-electron chi connectivity index (χ2n) is 6.00. The fourth-order valence-electron chi connectivity index (χ4n) is 2.38. The molecule has 32 heavy (non-hydrogen) atoms. The van der Waals surface area contributed by atoms with E-state index in [2.05, 4.69) is 25.5 Å². The summed E-state index contributed by atoms with van der Waals surface area (Å²) >= 11 is 1.08. The number of urea groups is 1. The number of aromatic nitrogens is 2. The first kappa shape index (κ1) is 25.5. The van der Waals surface area contributed by atoms with Gasteiger partial charge in [0.15, 0.2) is 16.7 Å². The molecule has 1 saturated heterocycles. The summed E-state index contributed by atoms with van der Waals surface area (Å²) in [7, 11) is -3.15. The van der Waals surface area contributed by atoms with Crippen LogP contribution in [0.5, 0.6) is 0 Å². The first-order chi connectivity index (χ1) is 14.6. The summed E-state index contributed by atoms with van der Waals surface area (Å²) in [5.74, 6) is -1.42. The number of anilines is 2. The third-order valence-corrected chi connectivity index (χ3v) is 5.33. The van der Waals surface area contributed by atoms with Crippen molar-refractivity contribution in [2.24, 2.45) is 5.16 Å². The first-order valence-corrected chi connectivity index (χ1v) is 10.7. The number of carbonyl (C=O) groups is 3. The normalized spacial score (nSPS) is 15.9. The number of aryl methyl sites for hydroxylation is 1. The molecule has 15 nitrogen and oxygen atoms in total. The van der Waals surface area contributed by atoms with E-state index in [1.165, 1.54) is 18.6 Å². The van der Waals surface area contributed by atoms with Crippen LogP contribution in [0.4, 0.5) is 15.7 Å². The van der Waals surface area contributed by atoms with Gasteiger partial charge in [-0.3, -0.25) is 14.5 Å². The fraction of sp³-hybridized carbons (Fsp3) is 0.286. The molecular weight excluding hydrogens is 479 g/mol. The van der Waals surface area contributed by atoms with E-state index in [1.54, 1.807) is 11.6 Å². The molecule has 3 heterocycles. The molecule has 0 bridgehead atoms. The Balaban J connectivity index is 0.00000363. The number of nitrogen functional groups attached to an aromatic ring is 1. The van der Waals surface area contributed by atoms with Gasteiger partial charge in [-0.2, -0.15) is 8.42 Å². The molecule has 1 fully saturated rings. The zero-order valence-electron chi connectivity index (χ0n) is 16.0. The number of hydrogen-bond acceptors (Lipinski definition) is 12. The van der Waals surface area contributed by atoms with Crippen molar-refractivity contribution in [3.05, 3.63) is 22.9 Å². The summed E-state index contributed by atoms with van der Waals surface area (Å²) in [4.78, 5) is 45.9. The zero-order chi connectivity index (χ0) is 22.8. The van der Waals surface area contributed by atoms with E-state index in [0.29, 0.717) is 10.7 Å². The molecular formula is C14H17N8NaO7S2. The predicted octanol–water partition coefficient (Wildman–Crippen LogP) is -1.88. The number of nitrogens with one attached hydrogen (secondary N) is 3. The number of rotatable bonds is 7. The molecule has 5 N–H and O–H groups in total. The van der Waals surface area contributed by atoms with Gasteiger partial charge in [0.05, 0.1) is 6.54 Å². The molecule has 1 aliphatic heterocycles.